The van der Waals surface area contributed by atoms with Gasteiger partial charge in [0, 0.05) is 29.1 Å². The Balaban J connectivity index is 1.72. The SMILES string of the molecule is CCOC(=O)[C@H]1CCCN(c2ncnc3scc(-c4ccc(Cl)cc4)c23)C1. The van der Waals surface area contributed by atoms with Crippen molar-refractivity contribution in [1.29, 1.82) is 0 Å². The van der Waals surface area contributed by atoms with Crippen LogP contribution in [0.5, 0.6) is 0 Å². The summed E-state index contributed by atoms with van der Waals surface area (Å²) >= 11 is 7.65. The molecule has 1 aliphatic rings. The Hall–Kier alpha value is -2.18. The van der Waals surface area contributed by atoms with E-state index < -0.39 is 0 Å². The molecule has 3 heterocycles. The molecule has 0 N–H and O–H groups in total. The normalized spacial score (nSPS) is 17.3. The van der Waals surface area contributed by atoms with E-state index in [1.165, 1.54) is 0 Å². The van der Waals surface area contributed by atoms with E-state index in [0.717, 1.165) is 46.5 Å². The molecule has 0 aliphatic carbocycles. The maximum atomic E-state index is 12.2. The lowest BCUT2D eigenvalue weighted by atomic mass is 9.97. The highest BCUT2D eigenvalue weighted by molar-refractivity contribution is 7.17. The van der Waals surface area contributed by atoms with Crippen LogP contribution in [0, 0.1) is 5.92 Å². The minimum atomic E-state index is -0.115. The van der Waals surface area contributed by atoms with Crippen molar-refractivity contribution in [3.63, 3.8) is 0 Å². The number of thiophene rings is 1. The van der Waals surface area contributed by atoms with E-state index in [1.807, 2.05) is 31.2 Å². The third kappa shape index (κ3) is 3.64. The van der Waals surface area contributed by atoms with Crippen LogP contribution in [0.3, 0.4) is 0 Å². The molecule has 1 atom stereocenters. The predicted molar refractivity (Wildman–Crippen MR) is 109 cm³/mol. The molecule has 0 bridgehead atoms. The highest BCUT2D eigenvalue weighted by atomic mass is 35.5. The first-order valence-electron chi connectivity index (χ1n) is 9.07. The zero-order valence-corrected chi connectivity index (χ0v) is 16.6. The number of esters is 1. The number of anilines is 1. The molecular formula is C20H20ClN3O2S. The largest absolute Gasteiger partial charge is 0.466 e. The molecule has 0 amide bonds. The first kappa shape index (κ1) is 18.2. The molecule has 2 aromatic heterocycles. The zero-order chi connectivity index (χ0) is 18.8. The number of benzene rings is 1. The van der Waals surface area contributed by atoms with E-state index in [9.17, 15) is 4.79 Å². The van der Waals surface area contributed by atoms with Crippen molar-refractivity contribution in [2.24, 2.45) is 5.92 Å². The smallest absolute Gasteiger partial charge is 0.310 e. The van der Waals surface area contributed by atoms with Crippen LogP contribution >= 0.6 is 22.9 Å². The number of piperidine rings is 1. The second-order valence-electron chi connectivity index (χ2n) is 6.57. The van der Waals surface area contributed by atoms with E-state index in [0.29, 0.717) is 18.2 Å². The highest BCUT2D eigenvalue weighted by Crippen LogP contribution is 2.39. The summed E-state index contributed by atoms with van der Waals surface area (Å²) in [7, 11) is 0. The summed E-state index contributed by atoms with van der Waals surface area (Å²) in [4.78, 5) is 24.4. The number of carbonyl (C=O) groups excluding carboxylic acids is 1. The van der Waals surface area contributed by atoms with Crippen LogP contribution in [-0.2, 0) is 9.53 Å². The molecule has 27 heavy (non-hydrogen) atoms. The minimum Gasteiger partial charge on any atom is -0.466 e. The van der Waals surface area contributed by atoms with E-state index in [2.05, 4.69) is 20.2 Å². The number of halogens is 1. The standard InChI is InChI=1S/C20H20ClN3O2S/c1-2-26-20(25)14-4-3-9-24(10-14)18-17-16(11-27-19(17)23-12-22-18)13-5-7-15(21)8-6-13/h5-8,11-12,14H,2-4,9-10H2,1H3/t14-/m0/s1. The predicted octanol–water partition coefficient (Wildman–Crippen LogP) is 4.79. The van der Waals surface area contributed by atoms with Crippen LogP contribution in [0.4, 0.5) is 5.82 Å². The number of fused-ring (bicyclic) bond motifs is 1. The van der Waals surface area contributed by atoms with Crippen LogP contribution in [0.2, 0.25) is 5.02 Å². The molecule has 0 unspecified atom stereocenters. The van der Waals surface area contributed by atoms with Gasteiger partial charge >= 0.3 is 5.97 Å². The summed E-state index contributed by atoms with van der Waals surface area (Å²) in [5.74, 6) is 0.664. The van der Waals surface area contributed by atoms with E-state index in [1.54, 1.807) is 17.7 Å². The highest BCUT2D eigenvalue weighted by Gasteiger charge is 2.29. The van der Waals surface area contributed by atoms with Crippen LogP contribution < -0.4 is 4.90 Å². The summed E-state index contributed by atoms with van der Waals surface area (Å²) in [5.41, 5.74) is 2.18. The van der Waals surface area contributed by atoms with Crippen molar-refractivity contribution in [2.45, 2.75) is 19.8 Å². The Kier molecular flexibility index (Phi) is 5.27. The third-order valence-electron chi connectivity index (χ3n) is 4.85. The Morgan fingerprint density at radius 2 is 2.15 bits per heavy atom. The van der Waals surface area contributed by atoms with Gasteiger partial charge in [-0.2, -0.15) is 0 Å². The van der Waals surface area contributed by atoms with Gasteiger partial charge in [-0.3, -0.25) is 4.79 Å². The van der Waals surface area contributed by atoms with E-state index >= 15 is 0 Å². The molecule has 0 saturated carbocycles. The lowest BCUT2D eigenvalue weighted by molar-refractivity contribution is -0.148. The van der Waals surface area contributed by atoms with Crippen LogP contribution in [0.15, 0.2) is 36.0 Å². The van der Waals surface area contributed by atoms with Gasteiger partial charge in [0.15, 0.2) is 0 Å². The average Bonchev–Trinajstić information content (AvgIpc) is 3.13. The number of aromatic nitrogens is 2. The van der Waals surface area contributed by atoms with Crippen LogP contribution in [0.25, 0.3) is 21.3 Å². The number of hydrogen-bond donors (Lipinski definition) is 0. The van der Waals surface area contributed by atoms with Gasteiger partial charge < -0.3 is 9.64 Å². The molecule has 0 spiro atoms. The molecule has 4 rings (SSSR count). The van der Waals surface area contributed by atoms with Crippen molar-refractivity contribution in [2.75, 3.05) is 24.6 Å². The van der Waals surface area contributed by atoms with Crippen molar-refractivity contribution >= 4 is 44.9 Å². The molecule has 1 saturated heterocycles. The van der Waals surface area contributed by atoms with Gasteiger partial charge in [-0.05, 0) is 37.5 Å². The number of hydrogen-bond acceptors (Lipinski definition) is 6. The maximum absolute atomic E-state index is 12.2. The van der Waals surface area contributed by atoms with Gasteiger partial charge in [0.05, 0.1) is 17.9 Å². The van der Waals surface area contributed by atoms with Crippen molar-refractivity contribution < 1.29 is 9.53 Å². The first-order chi connectivity index (χ1) is 13.2. The fraction of sp³-hybridized carbons (Fsp3) is 0.350. The van der Waals surface area contributed by atoms with E-state index in [-0.39, 0.29) is 11.9 Å². The van der Waals surface area contributed by atoms with E-state index in [4.69, 9.17) is 16.3 Å². The molecule has 1 aromatic carbocycles. The molecule has 1 fully saturated rings. The molecule has 0 radical (unpaired) electrons. The minimum absolute atomic E-state index is 0.110. The Bertz CT molecular complexity index is 958. The number of nitrogens with zero attached hydrogens (tertiary/aromatic N) is 3. The fourth-order valence-corrected chi connectivity index (χ4v) is 4.60. The lowest BCUT2D eigenvalue weighted by Gasteiger charge is -2.32. The number of rotatable bonds is 4. The molecule has 140 valence electrons. The van der Waals surface area contributed by atoms with Gasteiger partial charge in [-0.1, -0.05) is 23.7 Å². The number of ether oxygens (including phenoxy) is 1. The molecule has 3 aromatic rings. The zero-order valence-electron chi connectivity index (χ0n) is 15.0. The second kappa shape index (κ2) is 7.82. The van der Waals surface area contributed by atoms with Gasteiger partial charge in [0.1, 0.15) is 17.0 Å². The number of carbonyl (C=O) groups is 1. The molecule has 7 heteroatoms. The van der Waals surface area contributed by atoms with Crippen LogP contribution in [0.1, 0.15) is 19.8 Å². The lowest BCUT2D eigenvalue weighted by Crippen LogP contribution is -2.40. The average molecular weight is 402 g/mol. The third-order valence-corrected chi connectivity index (χ3v) is 5.98. The monoisotopic (exact) mass is 401 g/mol. The van der Waals surface area contributed by atoms with Crippen molar-refractivity contribution in [3.05, 3.63) is 41.0 Å². The summed E-state index contributed by atoms with van der Waals surface area (Å²) in [6.45, 7) is 3.76. The maximum Gasteiger partial charge on any atom is 0.310 e. The van der Waals surface area contributed by atoms with Crippen molar-refractivity contribution in [3.8, 4) is 11.1 Å². The quantitative estimate of drug-likeness (QED) is 0.588. The Morgan fingerprint density at radius 3 is 2.93 bits per heavy atom. The van der Waals surface area contributed by atoms with Gasteiger partial charge in [-0.25, -0.2) is 9.97 Å². The summed E-state index contributed by atoms with van der Waals surface area (Å²) < 4.78 is 5.23. The molecule has 1 aliphatic heterocycles. The topological polar surface area (TPSA) is 55.3 Å². The van der Waals surface area contributed by atoms with Gasteiger partial charge in [-0.15, -0.1) is 11.3 Å². The summed E-state index contributed by atoms with van der Waals surface area (Å²) in [6, 6.07) is 7.81. The Morgan fingerprint density at radius 1 is 1.33 bits per heavy atom. The molecule has 5 nitrogen and oxygen atoms in total. The Labute approximate surface area is 167 Å². The van der Waals surface area contributed by atoms with Crippen LogP contribution in [-0.4, -0.2) is 35.6 Å². The molecular weight excluding hydrogens is 382 g/mol. The fourth-order valence-electron chi connectivity index (χ4n) is 3.56. The second-order valence-corrected chi connectivity index (χ2v) is 7.87. The summed E-state index contributed by atoms with van der Waals surface area (Å²) in [5, 5.41) is 3.86. The summed E-state index contributed by atoms with van der Waals surface area (Å²) in [6.07, 6.45) is 3.40. The van der Waals surface area contributed by atoms with Gasteiger partial charge in [0.2, 0.25) is 0 Å². The van der Waals surface area contributed by atoms with Gasteiger partial charge in [0.25, 0.3) is 0 Å². The van der Waals surface area contributed by atoms with Crippen molar-refractivity contribution in [1.82, 2.24) is 9.97 Å². The first-order valence-corrected chi connectivity index (χ1v) is 10.3.